The van der Waals surface area contributed by atoms with Gasteiger partial charge in [0.25, 0.3) is 5.91 Å². The van der Waals surface area contributed by atoms with E-state index < -0.39 is 5.97 Å². The minimum atomic E-state index is -0.448. The molecule has 0 radical (unpaired) electrons. The summed E-state index contributed by atoms with van der Waals surface area (Å²) >= 11 is 0. The normalized spacial score (nSPS) is 9.67. The van der Waals surface area contributed by atoms with Crippen LogP contribution in [0.25, 0.3) is 0 Å². The lowest BCUT2D eigenvalue weighted by Gasteiger charge is -2.01. The van der Waals surface area contributed by atoms with Crippen molar-refractivity contribution in [2.75, 3.05) is 13.7 Å². The first kappa shape index (κ1) is 13.8. The average molecular weight is 248 g/mol. The van der Waals surface area contributed by atoms with Gasteiger partial charge < -0.3 is 15.0 Å². The van der Waals surface area contributed by atoms with E-state index in [2.05, 4.69) is 16.2 Å². The number of rotatable bonds is 4. The molecule has 0 aromatic carbocycles. The second-order valence-electron chi connectivity index (χ2n) is 3.71. The molecule has 0 unspecified atom stereocenters. The van der Waals surface area contributed by atoms with Crippen molar-refractivity contribution < 1.29 is 14.3 Å². The fourth-order valence-electron chi connectivity index (χ4n) is 1.75. The van der Waals surface area contributed by atoms with Gasteiger partial charge in [-0.25, -0.2) is 4.79 Å². The minimum absolute atomic E-state index is 0.145. The zero-order valence-electron chi connectivity index (χ0n) is 10.7. The Bertz CT molecular complexity index is 509. The van der Waals surface area contributed by atoms with Crippen LogP contribution in [-0.2, 0) is 11.2 Å². The van der Waals surface area contributed by atoms with Crippen LogP contribution in [0.2, 0.25) is 0 Å². The molecule has 1 rings (SSSR count). The first-order valence-electron chi connectivity index (χ1n) is 5.58. The molecule has 1 aromatic rings. The van der Waals surface area contributed by atoms with Gasteiger partial charge in [-0.2, -0.15) is 0 Å². The largest absolute Gasteiger partial charge is 0.465 e. The Hall–Kier alpha value is -2.22. The van der Waals surface area contributed by atoms with E-state index in [9.17, 15) is 9.59 Å². The van der Waals surface area contributed by atoms with Crippen LogP contribution in [-0.4, -0.2) is 30.5 Å². The summed E-state index contributed by atoms with van der Waals surface area (Å²) in [5.41, 5.74) is 2.03. The highest BCUT2D eigenvalue weighted by atomic mass is 16.5. The fourth-order valence-corrected chi connectivity index (χ4v) is 1.75. The van der Waals surface area contributed by atoms with E-state index >= 15 is 0 Å². The SMILES string of the molecule is C#CCNC(=O)c1[nH]c(CC)c(C(=O)OC)c1C. The molecule has 18 heavy (non-hydrogen) atoms. The molecular formula is C13H16N2O3. The summed E-state index contributed by atoms with van der Waals surface area (Å²) in [6, 6.07) is 0. The second kappa shape index (κ2) is 5.92. The third-order valence-corrected chi connectivity index (χ3v) is 2.65. The molecule has 0 aliphatic carbocycles. The lowest BCUT2D eigenvalue weighted by Crippen LogP contribution is -2.24. The zero-order valence-corrected chi connectivity index (χ0v) is 10.7. The average Bonchev–Trinajstić information content (AvgIpc) is 2.72. The van der Waals surface area contributed by atoms with Crippen LogP contribution < -0.4 is 5.32 Å². The monoisotopic (exact) mass is 248 g/mol. The van der Waals surface area contributed by atoms with Gasteiger partial charge >= 0.3 is 5.97 Å². The first-order chi connectivity index (χ1) is 8.56. The Morgan fingerprint density at radius 3 is 2.67 bits per heavy atom. The van der Waals surface area contributed by atoms with E-state index in [4.69, 9.17) is 11.2 Å². The Morgan fingerprint density at radius 1 is 1.50 bits per heavy atom. The number of H-pyrrole nitrogens is 1. The van der Waals surface area contributed by atoms with E-state index in [0.717, 1.165) is 0 Å². The summed E-state index contributed by atoms with van der Waals surface area (Å²) in [6.45, 7) is 3.74. The van der Waals surface area contributed by atoms with Gasteiger partial charge in [-0.05, 0) is 18.9 Å². The Labute approximate surface area is 106 Å². The molecule has 5 heteroatoms. The number of hydrogen-bond donors (Lipinski definition) is 2. The van der Waals surface area contributed by atoms with Crippen LogP contribution in [0.5, 0.6) is 0 Å². The predicted molar refractivity (Wildman–Crippen MR) is 67.4 cm³/mol. The Balaban J connectivity index is 3.16. The number of amides is 1. The highest BCUT2D eigenvalue weighted by molar-refractivity contribution is 6.00. The fraction of sp³-hybridized carbons (Fsp3) is 0.385. The van der Waals surface area contributed by atoms with E-state index in [0.29, 0.717) is 28.9 Å². The Morgan fingerprint density at radius 2 is 2.17 bits per heavy atom. The molecule has 0 aliphatic rings. The van der Waals surface area contributed by atoms with Crippen LogP contribution in [0.1, 0.15) is 39.0 Å². The van der Waals surface area contributed by atoms with Crippen molar-refractivity contribution in [2.45, 2.75) is 20.3 Å². The number of aromatic amines is 1. The maximum atomic E-state index is 11.8. The van der Waals surface area contributed by atoms with Crippen LogP contribution in [0.3, 0.4) is 0 Å². The quantitative estimate of drug-likeness (QED) is 0.617. The van der Waals surface area contributed by atoms with Gasteiger partial charge in [0.1, 0.15) is 5.69 Å². The topological polar surface area (TPSA) is 71.2 Å². The molecule has 0 bridgehead atoms. The molecule has 5 nitrogen and oxygen atoms in total. The van der Waals surface area contributed by atoms with Crippen LogP contribution in [0.4, 0.5) is 0 Å². The number of aromatic nitrogens is 1. The van der Waals surface area contributed by atoms with Gasteiger partial charge in [0.05, 0.1) is 19.2 Å². The van der Waals surface area contributed by atoms with Gasteiger partial charge in [-0.1, -0.05) is 12.8 Å². The number of hydrogen-bond acceptors (Lipinski definition) is 3. The molecule has 1 heterocycles. The molecule has 0 spiro atoms. The molecular weight excluding hydrogens is 232 g/mol. The Kier molecular flexibility index (Phi) is 4.55. The van der Waals surface area contributed by atoms with E-state index in [1.54, 1.807) is 6.92 Å². The third-order valence-electron chi connectivity index (χ3n) is 2.65. The van der Waals surface area contributed by atoms with E-state index in [-0.39, 0.29) is 12.5 Å². The molecule has 0 fully saturated rings. The van der Waals surface area contributed by atoms with Crippen molar-refractivity contribution in [3.05, 3.63) is 22.5 Å². The number of ether oxygens (including phenoxy) is 1. The van der Waals surface area contributed by atoms with E-state index in [1.807, 2.05) is 6.92 Å². The van der Waals surface area contributed by atoms with Crippen molar-refractivity contribution >= 4 is 11.9 Å². The second-order valence-corrected chi connectivity index (χ2v) is 3.71. The van der Waals surface area contributed by atoms with Crippen LogP contribution >= 0.6 is 0 Å². The lowest BCUT2D eigenvalue weighted by molar-refractivity contribution is 0.0599. The maximum absolute atomic E-state index is 11.8. The summed E-state index contributed by atoms with van der Waals surface area (Å²) in [5.74, 6) is 1.55. The smallest absolute Gasteiger partial charge is 0.339 e. The van der Waals surface area contributed by atoms with Gasteiger partial charge in [0.15, 0.2) is 0 Å². The van der Waals surface area contributed by atoms with Gasteiger partial charge in [-0.15, -0.1) is 6.42 Å². The summed E-state index contributed by atoms with van der Waals surface area (Å²) in [4.78, 5) is 26.4. The van der Waals surface area contributed by atoms with E-state index in [1.165, 1.54) is 7.11 Å². The van der Waals surface area contributed by atoms with Crippen LogP contribution in [0.15, 0.2) is 0 Å². The molecule has 0 saturated carbocycles. The maximum Gasteiger partial charge on any atom is 0.339 e. The molecule has 1 amide bonds. The molecule has 0 saturated heterocycles. The summed E-state index contributed by atoms with van der Waals surface area (Å²) in [5, 5.41) is 2.55. The summed E-state index contributed by atoms with van der Waals surface area (Å²) in [6.07, 6.45) is 5.68. The number of methoxy groups -OCH3 is 1. The van der Waals surface area contributed by atoms with Crippen molar-refractivity contribution in [3.8, 4) is 12.3 Å². The number of carbonyl (C=O) groups is 2. The summed E-state index contributed by atoms with van der Waals surface area (Å²) in [7, 11) is 1.31. The zero-order chi connectivity index (χ0) is 13.7. The molecule has 1 aromatic heterocycles. The minimum Gasteiger partial charge on any atom is -0.465 e. The van der Waals surface area contributed by atoms with Crippen molar-refractivity contribution in [1.29, 1.82) is 0 Å². The number of terminal acetylenes is 1. The molecule has 2 N–H and O–H groups in total. The van der Waals surface area contributed by atoms with Gasteiger partial charge in [0.2, 0.25) is 0 Å². The number of carbonyl (C=O) groups excluding carboxylic acids is 2. The predicted octanol–water partition coefficient (Wildman–Crippen LogP) is 1.04. The first-order valence-corrected chi connectivity index (χ1v) is 5.58. The number of aryl methyl sites for hydroxylation is 1. The molecule has 0 aliphatic heterocycles. The van der Waals surface area contributed by atoms with Crippen molar-refractivity contribution in [3.63, 3.8) is 0 Å². The van der Waals surface area contributed by atoms with Crippen molar-refractivity contribution in [2.24, 2.45) is 0 Å². The highest BCUT2D eigenvalue weighted by Crippen LogP contribution is 2.20. The lowest BCUT2D eigenvalue weighted by atomic mass is 10.1. The standard InChI is InChI=1S/C13H16N2O3/c1-5-7-14-12(16)11-8(3)10(13(17)18-4)9(6-2)15-11/h1,15H,6-7H2,2-4H3,(H,14,16). The van der Waals surface area contributed by atoms with Gasteiger partial charge in [-0.3, -0.25) is 4.79 Å². The number of nitrogens with one attached hydrogen (secondary N) is 2. The van der Waals surface area contributed by atoms with Crippen LogP contribution in [0, 0.1) is 19.3 Å². The molecule has 0 atom stereocenters. The van der Waals surface area contributed by atoms with Crippen molar-refractivity contribution in [1.82, 2.24) is 10.3 Å². The molecule has 96 valence electrons. The van der Waals surface area contributed by atoms with Gasteiger partial charge in [0, 0.05) is 5.69 Å². The highest BCUT2D eigenvalue weighted by Gasteiger charge is 2.23. The third kappa shape index (κ3) is 2.54. The number of esters is 1. The summed E-state index contributed by atoms with van der Waals surface area (Å²) < 4.78 is 4.71.